The summed E-state index contributed by atoms with van der Waals surface area (Å²) in [5.41, 5.74) is 3.94. The normalized spacial score (nSPS) is 29.7. The van der Waals surface area contributed by atoms with Crippen molar-refractivity contribution in [1.29, 1.82) is 0 Å². The molecule has 1 aromatic carbocycles. The van der Waals surface area contributed by atoms with Crippen molar-refractivity contribution >= 4 is 34.4 Å². The van der Waals surface area contributed by atoms with E-state index in [1.54, 1.807) is 6.07 Å². The van der Waals surface area contributed by atoms with Crippen LogP contribution in [0.5, 0.6) is 0 Å². The minimum absolute atomic E-state index is 0.174. The molecule has 0 saturated heterocycles. The number of halogens is 3. The van der Waals surface area contributed by atoms with E-state index < -0.39 is 6.17 Å². The lowest BCUT2D eigenvalue weighted by Gasteiger charge is -2.40. The van der Waals surface area contributed by atoms with Gasteiger partial charge < -0.3 is 0 Å². The lowest BCUT2D eigenvalue weighted by atomic mass is 9.65. The monoisotopic (exact) mass is 432 g/mol. The molecule has 0 bridgehead atoms. The van der Waals surface area contributed by atoms with Crippen LogP contribution in [0.3, 0.4) is 0 Å². The molecule has 0 radical (unpaired) electrons. The fourth-order valence-corrected chi connectivity index (χ4v) is 5.77. The maximum atomic E-state index is 14.1. The van der Waals surface area contributed by atoms with E-state index >= 15 is 0 Å². The number of alkyl halides is 1. The minimum atomic E-state index is -0.636. The first-order valence-electron chi connectivity index (χ1n) is 10.3. The van der Waals surface area contributed by atoms with Gasteiger partial charge >= 0.3 is 0 Å². The first-order valence-corrected chi connectivity index (χ1v) is 11.0. The number of aromatic amines is 1. The zero-order chi connectivity index (χ0) is 20.2. The molecular formula is C22H23Cl2FN4. The van der Waals surface area contributed by atoms with Gasteiger partial charge in [0.15, 0.2) is 0 Å². The standard InChI is InChI=1S/C22H23Cl2FN4/c1-12-16(25)7-10-22(12)8-5-13(6-9-22)17-11-26-20-19(28-29-21(20)27-17)14-3-2-4-15(23)18(14)24/h2-4,11-13,16H,5-10H2,1H3,(H,27,28,29). The fraction of sp³-hybridized carbons (Fsp3) is 0.500. The van der Waals surface area contributed by atoms with Crippen LogP contribution < -0.4 is 0 Å². The van der Waals surface area contributed by atoms with Gasteiger partial charge in [-0.25, -0.2) is 14.4 Å². The summed E-state index contributed by atoms with van der Waals surface area (Å²) in [6.07, 6.45) is 7.19. The zero-order valence-electron chi connectivity index (χ0n) is 16.3. The molecule has 0 aliphatic heterocycles. The Labute approximate surface area is 179 Å². The number of H-pyrrole nitrogens is 1. The summed E-state index contributed by atoms with van der Waals surface area (Å²) < 4.78 is 14.1. The van der Waals surface area contributed by atoms with Gasteiger partial charge in [0.25, 0.3) is 0 Å². The van der Waals surface area contributed by atoms with Crippen LogP contribution in [0.2, 0.25) is 10.0 Å². The van der Waals surface area contributed by atoms with Gasteiger partial charge in [-0.05, 0) is 55.9 Å². The van der Waals surface area contributed by atoms with Gasteiger partial charge in [0.1, 0.15) is 11.7 Å². The van der Waals surface area contributed by atoms with Crippen LogP contribution in [0.1, 0.15) is 57.1 Å². The Kier molecular flexibility index (Phi) is 4.78. The molecule has 2 aromatic heterocycles. The van der Waals surface area contributed by atoms with Crippen molar-refractivity contribution in [3.05, 3.63) is 40.1 Å². The third-order valence-corrected chi connectivity index (χ3v) is 8.15. The average molecular weight is 433 g/mol. The first-order chi connectivity index (χ1) is 14.0. The van der Waals surface area contributed by atoms with Crippen LogP contribution in [0.4, 0.5) is 4.39 Å². The number of aromatic nitrogens is 4. The lowest BCUT2D eigenvalue weighted by molar-refractivity contribution is 0.0975. The average Bonchev–Trinajstić information content (AvgIpc) is 3.27. The van der Waals surface area contributed by atoms with Crippen molar-refractivity contribution in [3.63, 3.8) is 0 Å². The Morgan fingerprint density at radius 1 is 1.14 bits per heavy atom. The van der Waals surface area contributed by atoms with Gasteiger partial charge in [0, 0.05) is 17.7 Å². The van der Waals surface area contributed by atoms with Crippen molar-refractivity contribution < 1.29 is 4.39 Å². The maximum Gasteiger partial charge on any atom is 0.200 e. The van der Waals surface area contributed by atoms with Crippen LogP contribution >= 0.6 is 23.2 Å². The Hall–Kier alpha value is -1.72. The van der Waals surface area contributed by atoms with Crippen LogP contribution in [-0.2, 0) is 0 Å². The van der Waals surface area contributed by atoms with Gasteiger partial charge in [-0.2, -0.15) is 5.10 Å². The van der Waals surface area contributed by atoms with E-state index in [2.05, 4.69) is 22.1 Å². The molecule has 2 atom stereocenters. The van der Waals surface area contributed by atoms with E-state index in [-0.39, 0.29) is 11.3 Å². The third-order valence-electron chi connectivity index (χ3n) is 7.33. The highest BCUT2D eigenvalue weighted by atomic mass is 35.5. The molecule has 2 fully saturated rings. The predicted octanol–water partition coefficient (Wildman–Crippen LogP) is 6.74. The largest absolute Gasteiger partial charge is 0.273 e. The quantitative estimate of drug-likeness (QED) is 0.487. The summed E-state index contributed by atoms with van der Waals surface area (Å²) >= 11 is 12.5. The van der Waals surface area contributed by atoms with E-state index in [0.29, 0.717) is 27.1 Å². The molecule has 5 rings (SSSR count). The summed E-state index contributed by atoms with van der Waals surface area (Å²) in [7, 11) is 0. The van der Waals surface area contributed by atoms with Gasteiger partial charge in [-0.1, -0.05) is 42.3 Å². The summed E-state index contributed by atoms with van der Waals surface area (Å²) in [6, 6.07) is 5.49. The van der Waals surface area contributed by atoms with Crippen molar-refractivity contribution in [2.24, 2.45) is 11.3 Å². The second kappa shape index (κ2) is 7.21. The molecule has 2 aliphatic rings. The van der Waals surface area contributed by atoms with E-state index in [4.69, 9.17) is 28.2 Å². The molecule has 0 amide bonds. The molecule has 7 heteroatoms. The highest BCUT2D eigenvalue weighted by Crippen LogP contribution is 2.55. The van der Waals surface area contributed by atoms with Gasteiger partial charge in [0.05, 0.1) is 21.4 Å². The zero-order valence-corrected chi connectivity index (χ0v) is 17.8. The second-order valence-electron chi connectivity index (χ2n) is 8.65. The molecule has 2 heterocycles. The summed E-state index contributed by atoms with van der Waals surface area (Å²) in [6.45, 7) is 2.09. The Balaban J connectivity index is 1.40. The Morgan fingerprint density at radius 3 is 2.62 bits per heavy atom. The topological polar surface area (TPSA) is 54.5 Å². The molecule has 2 saturated carbocycles. The number of hydrogen-bond acceptors (Lipinski definition) is 3. The number of hydrogen-bond donors (Lipinski definition) is 1. The fourth-order valence-electron chi connectivity index (χ4n) is 5.37. The number of fused-ring (bicyclic) bond motifs is 1. The molecule has 1 spiro atoms. The van der Waals surface area contributed by atoms with Crippen LogP contribution in [0.15, 0.2) is 24.4 Å². The molecule has 29 heavy (non-hydrogen) atoms. The van der Waals surface area contributed by atoms with Gasteiger partial charge in [0.2, 0.25) is 5.65 Å². The lowest BCUT2D eigenvalue weighted by Crippen LogP contribution is -2.31. The van der Waals surface area contributed by atoms with Crippen LogP contribution in [-0.4, -0.2) is 26.3 Å². The van der Waals surface area contributed by atoms with E-state index in [9.17, 15) is 4.39 Å². The predicted molar refractivity (Wildman–Crippen MR) is 114 cm³/mol. The van der Waals surface area contributed by atoms with Crippen LogP contribution in [0.25, 0.3) is 22.4 Å². The molecular weight excluding hydrogens is 410 g/mol. The maximum absolute atomic E-state index is 14.1. The number of benzene rings is 1. The number of nitrogens with one attached hydrogen (secondary N) is 1. The van der Waals surface area contributed by atoms with E-state index in [0.717, 1.165) is 55.5 Å². The van der Waals surface area contributed by atoms with Crippen molar-refractivity contribution in [2.75, 3.05) is 0 Å². The van der Waals surface area contributed by atoms with Crippen molar-refractivity contribution in [3.8, 4) is 11.3 Å². The van der Waals surface area contributed by atoms with E-state index in [1.165, 1.54) is 0 Å². The molecule has 3 aromatic rings. The van der Waals surface area contributed by atoms with Gasteiger partial charge in [-0.3, -0.25) is 5.10 Å². The van der Waals surface area contributed by atoms with Crippen molar-refractivity contribution in [1.82, 2.24) is 20.2 Å². The second-order valence-corrected chi connectivity index (χ2v) is 9.43. The molecule has 2 aliphatic carbocycles. The smallest absolute Gasteiger partial charge is 0.200 e. The molecule has 152 valence electrons. The Bertz CT molecular complexity index is 1060. The summed E-state index contributed by atoms with van der Waals surface area (Å²) in [5.74, 6) is 0.534. The molecule has 2 unspecified atom stereocenters. The highest BCUT2D eigenvalue weighted by molar-refractivity contribution is 6.43. The van der Waals surface area contributed by atoms with Crippen molar-refractivity contribution in [2.45, 2.75) is 57.5 Å². The summed E-state index contributed by atoms with van der Waals surface area (Å²) in [5, 5.41) is 8.35. The highest BCUT2D eigenvalue weighted by Gasteiger charge is 2.47. The first kappa shape index (κ1) is 19.3. The van der Waals surface area contributed by atoms with Crippen LogP contribution in [0, 0.1) is 11.3 Å². The SMILES string of the molecule is CC1C(F)CCC12CCC(c1cnc3c(-c4cccc(Cl)c4Cl)[nH]nc3n1)CC2. The number of nitrogens with zero attached hydrogens (tertiary/aromatic N) is 3. The third kappa shape index (κ3) is 3.14. The minimum Gasteiger partial charge on any atom is -0.273 e. The summed E-state index contributed by atoms with van der Waals surface area (Å²) in [4.78, 5) is 9.45. The molecule has 4 nitrogen and oxygen atoms in total. The number of rotatable bonds is 2. The Morgan fingerprint density at radius 2 is 1.90 bits per heavy atom. The van der Waals surface area contributed by atoms with Gasteiger partial charge in [-0.15, -0.1) is 0 Å². The van der Waals surface area contributed by atoms with E-state index in [1.807, 2.05) is 18.3 Å². The molecule has 1 N–H and O–H groups in total.